The Hall–Kier alpha value is -15.1. The Morgan fingerprint density at radius 3 is 0.524 bits per heavy atom. The third-order valence-corrected chi connectivity index (χ3v) is 25.9. The fraction of sp³-hybridized carbons (Fsp3) is 0.103. The number of hydrogen-bond acceptors (Lipinski definition) is 8. The first-order valence-electron chi connectivity index (χ1n) is 43.2. The van der Waals surface area contributed by atoms with Crippen LogP contribution < -0.4 is 19.6 Å². The lowest BCUT2D eigenvalue weighted by Crippen LogP contribution is -2.10. The lowest BCUT2D eigenvalue weighted by atomic mass is 9.91. The predicted molar refractivity (Wildman–Crippen MR) is 525 cm³/mol. The van der Waals surface area contributed by atoms with E-state index >= 15 is 0 Å². The molecule has 24 aromatic rings. The van der Waals surface area contributed by atoms with Gasteiger partial charge in [-0.1, -0.05) is 182 Å². The van der Waals surface area contributed by atoms with E-state index in [1.807, 2.05) is 0 Å². The standard InChI is InChI=1S/C60H48N2O2.C56H40N2O2/c1-35(2)39-11-21-45(22-12-39)61(43-17-7-37(5)8-18-43)47-25-29-49-53-31-41-16-28-52-58-42(15-27-51(57(41)58)59(53)63-55(49)33-47)32-54-50-30-26-48(34-56(50)64-60(52)54)62(44-19-9-38(6)10-20-44)46-23-13-40(14-24-46)36(3)4;1-33-5-15-39(16-6-33)57(40-17-7-34(2)8-18-40)43-23-27-45-49-29-37-14-26-48-54-38(13-25-47(53(37)54)55(49)59-51(45)31-43)30-50-46-28-24-44(32-52(46)60-56(48)50)58(41-19-9-35(3)10-20-41)42-21-11-36(4)12-22-42/h7-36H,1-6H3;5-32H,1-4H3. The van der Waals surface area contributed by atoms with E-state index in [2.05, 4.69) is 429 Å². The molecule has 20 aromatic carbocycles. The zero-order valence-electron chi connectivity index (χ0n) is 70.9. The van der Waals surface area contributed by atoms with Crippen LogP contribution in [0.15, 0.2) is 357 Å². The summed E-state index contributed by atoms with van der Waals surface area (Å²) in [5, 5.41) is 22.9. The number of benzene rings is 20. The summed E-state index contributed by atoms with van der Waals surface area (Å²) in [5.74, 6) is 0.927. The fourth-order valence-electron chi connectivity index (χ4n) is 19.3. The van der Waals surface area contributed by atoms with Gasteiger partial charge in [0.05, 0.1) is 0 Å². The molecule has 0 radical (unpaired) electrons. The van der Waals surface area contributed by atoms with Crippen molar-refractivity contribution >= 4 is 221 Å². The van der Waals surface area contributed by atoms with E-state index in [9.17, 15) is 0 Å². The van der Waals surface area contributed by atoms with Crippen LogP contribution in [0.25, 0.3) is 152 Å². The molecule has 0 fully saturated rings. The highest BCUT2D eigenvalue weighted by atomic mass is 16.3. The lowest BCUT2D eigenvalue weighted by Gasteiger charge is -2.26. The van der Waals surface area contributed by atoms with Gasteiger partial charge in [0.2, 0.25) is 0 Å². The van der Waals surface area contributed by atoms with E-state index < -0.39 is 0 Å². The quantitative estimate of drug-likeness (QED) is 0.0998. The van der Waals surface area contributed by atoms with Crippen molar-refractivity contribution < 1.29 is 17.7 Å². The zero-order chi connectivity index (χ0) is 83.6. The Labute approximate surface area is 718 Å². The topological polar surface area (TPSA) is 65.5 Å². The number of aryl methyl sites for hydroxylation is 6. The summed E-state index contributed by atoms with van der Waals surface area (Å²) in [7, 11) is 0. The molecule has 24 rings (SSSR count). The Morgan fingerprint density at radius 2 is 0.339 bits per heavy atom. The number of rotatable bonds is 14. The molecule has 8 nitrogen and oxygen atoms in total. The monoisotopic (exact) mass is 1600 g/mol. The minimum atomic E-state index is 0.463. The number of furan rings is 4. The van der Waals surface area contributed by atoms with Crippen LogP contribution in [0.1, 0.15) is 84.0 Å². The molecule has 596 valence electrons. The summed E-state index contributed by atoms with van der Waals surface area (Å²) in [6.07, 6.45) is 0. The predicted octanol–water partition coefficient (Wildman–Crippen LogP) is 34.7. The zero-order valence-corrected chi connectivity index (χ0v) is 70.9. The van der Waals surface area contributed by atoms with Crippen LogP contribution in [0, 0.1) is 41.5 Å². The number of hydrogen-bond donors (Lipinski definition) is 0. The van der Waals surface area contributed by atoms with Gasteiger partial charge in [-0.3, -0.25) is 0 Å². The van der Waals surface area contributed by atoms with Gasteiger partial charge in [0, 0.05) is 179 Å². The van der Waals surface area contributed by atoms with E-state index in [0.29, 0.717) is 11.8 Å². The van der Waals surface area contributed by atoms with Gasteiger partial charge in [0.15, 0.2) is 0 Å². The molecule has 0 saturated carbocycles. The van der Waals surface area contributed by atoms with Crippen LogP contribution in [-0.2, 0) is 0 Å². The molecule has 0 amide bonds. The SMILES string of the molecule is Cc1ccc(N(c2ccc(C(C)C)cc2)c2ccc3c(c2)oc2c3cc3ccc4c5oc6cc(N(c7ccc(C)cc7)c7ccc(C(C)C)cc7)ccc6c5cc5ccc2c3c54)cc1.Cc1ccc(N(c2ccc(C)cc2)c2ccc3c(c2)oc2c3cc3ccc4c5oc6cc(N(c7ccc(C)cc7)c7ccc(C)cc7)ccc6c5cc5ccc2c3c54)cc1. The highest BCUT2D eigenvalue weighted by Crippen LogP contribution is 2.52. The maximum absolute atomic E-state index is 6.96. The second-order valence-electron chi connectivity index (χ2n) is 34.8. The highest BCUT2D eigenvalue weighted by molar-refractivity contribution is 6.36. The number of anilines is 12. The number of nitrogens with zero attached hydrogens (tertiary/aromatic N) is 4. The summed E-state index contributed by atoms with van der Waals surface area (Å²) in [4.78, 5) is 9.25. The van der Waals surface area contributed by atoms with Crippen molar-refractivity contribution in [3.63, 3.8) is 0 Å². The van der Waals surface area contributed by atoms with Crippen molar-refractivity contribution in [2.24, 2.45) is 0 Å². The van der Waals surface area contributed by atoms with Crippen molar-refractivity contribution in [3.8, 4) is 0 Å². The van der Waals surface area contributed by atoms with E-state index in [1.165, 1.54) is 87.6 Å². The molecule has 8 heteroatoms. The molecule has 0 bridgehead atoms. The average Bonchev–Trinajstić information content (AvgIpc) is 1.69. The van der Waals surface area contributed by atoms with E-state index in [-0.39, 0.29) is 0 Å². The van der Waals surface area contributed by atoms with Gasteiger partial charge in [-0.2, -0.15) is 0 Å². The first kappa shape index (κ1) is 74.0. The molecule has 124 heavy (non-hydrogen) atoms. The van der Waals surface area contributed by atoms with Gasteiger partial charge in [0.1, 0.15) is 44.7 Å². The molecule has 0 N–H and O–H groups in total. The molecule has 4 heterocycles. The first-order chi connectivity index (χ1) is 60.5. The minimum absolute atomic E-state index is 0.463. The molecule has 0 saturated heterocycles. The van der Waals surface area contributed by atoms with Gasteiger partial charge < -0.3 is 37.3 Å². The average molecular weight is 1600 g/mol. The van der Waals surface area contributed by atoms with Crippen LogP contribution in [0.2, 0.25) is 0 Å². The summed E-state index contributed by atoms with van der Waals surface area (Å²) in [6, 6.07) is 124. The van der Waals surface area contributed by atoms with E-state index in [0.717, 1.165) is 178 Å². The third-order valence-electron chi connectivity index (χ3n) is 25.9. The largest absolute Gasteiger partial charge is 0.455 e. The molecule has 0 aliphatic heterocycles. The molecule has 0 spiro atoms. The van der Waals surface area contributed by atoms with Crippen LogP contribution in [0.4, 0.5) is 68.2 Å². The summed E-state index contributed by atoms with van der Waals surface area (Å²) < 4.78 is 27.7. The van der Waals surface area contributed by atoms with Gasteiger partial charge in [-0.25, -0.2) is 0 Å². The van der Waals surface area contributed by atoms with Gasteiger partial charge >= 0.3 is 0 Å². The summed E-state index contributed by atoms with van der Waals surface area (Å²) in [6.45, 7) is 21.7. The normalized spacial score (nSPS) is 12.1. The Morgan fingerprint density at radius 1 is 0.169 bits per heavy atom. The Bertz CT molecular complexity index is 7740. The second kappa shape index (κ2) is 28.8. The third kappa shape index (κ3) is 12.2. The van der Waals surface area contributed by atoms with Crippen molar-refractivity contribution in [1.82, 2.24) is 0 Å². The molecule has 0 atom stereocenters. The van der Waals surface area contributed by atoms with Gasteiger partial charge in [0.25, 0.3) is 0 Å². The van der Waals surface area contributed by atoms with E-state index in [4.69, 9.17) is 17.7 Å². The van der Waals surface area contributed by atoms with Crippen molar-refractivity contribution in [1.29, 1.82) is 0 Å². The molecular weight excluding hydrogens is 1510 g/mol. The van der Waals surface area contributed by atoms with Crippen LogP contribution in [0.5, 0.6) is 0 Å². The maximum Gasteiger partial charge on any atom is 0.143 e. The number of fused-ring (bicyclic) bond motifs is 16. The van der Waals surface area contributed by atoms with E-state index in [1.54, 1.807) is 0 Å². The second-order valence-corrected chi connectivity index (χ2v) is 34.8. The van der Waals surface area contributed by atoms with Crippen LogP contribution in [0.3, 0.4) is 0 Å². The van der Waals surface area contributed by atoms with Gasteiger partial charge in [-0.15, -0.1) is 0 Å². The molecule has 0 aliphatic rings. The molecule has 4 aromatic heterocycles. The Balaban J connectivity index is 0.000000144. The fourth-order valence-corrected chi connectivity index (χ4v) is 19.3. The summed E-state index contributed by atoms with van der Waals surface area (Å²) in [5.41, 5.74) is 30.2. The minimum Gasteiger partial charge on any atom is -0.455 e. The molecule has 0 aliphatic carbocycles. The lowest BCUT2D eigenvalue weighted by molar-refractivity contribution is 0.672. The molecule has 0 unspecified atom stereocenters. The van der Waals surface area contributed by atoms with Crippen molar-refractivity contribution in [2.75, 3.05) is 19.6 Å². The smallest absolute Gasteiger partial charge is 0.143 e. The van der Waals surface area contributed by atoms with Gasteiger partial charge in [-0.05, 0) is 280 Å². The van der Waals surface area contributed by atoms with Crippen molar-refractivity contribution in [3.05, 3.63) is 384 Å². The Kier molecular flexibility index (Phi) is 17.2. The molecular formula is C116H88N4O4. The van der Waals surface area contributed by atoms with Crippen LogP contribution >= 0.6 is 0 Å². The highest BCUT2D eigenvalue weighted by Gasteiger charge is 2.27. The maximum atomic E-state index is 6.96. The first-order valence-corrected chi connectivity index (χ1v) is 43.2. The van der Waals surface area contributed by atoms with Crippen molar-refractivity contribution in [2.45, 2.75) is 81.1 Å². The summed E-state index contributed by atoms with van der Waals surface area (Å²) >= 11 is 0. The van der Waals surface area contributed by atoms with Crippen LogP contribution in [-0.4, -0.2) is 0 Å².